The first kappa shape index (κ1) is 16.0. The second-order valence-corrected chi connectivity index (χ2v) is 5.11. The third kappa shape index (κ3) is 3.69. The highest BCUT2D eigenvalue weighted by Gasteiger charge is 2.34. The zero-order chi connectivity index (χ0) is 14.8. The molecule has 0 aliphatic heterocycles. The number of alkyl halides is 3. The summed E-state index contributed by atoms with van der Waals surface area (Å²) >= 11 is 0. The maximum absolute atomic E-state index is 13.6. The van der Waals surface area contributed by atoms with Gasteiger partial charge in [0, 0.05) is 6.04 Å². The largest absolute Gasteiger partial charge is 0.419 e. The van der Waals surface area contributed by atoms with Crippen LogP contribution in [0.5, 0.6) is 0 Å². The number of hydrogen-bond donors (Lipinski definition) is 1. The van der Waals surface area contributed by atoms with Crippen LogP contribution in [0.4, 0.5) is 17.6 Å². The minimum absolute atomic E-state index is 0.170. The molecule has 0 bridgehead atoms. The normalized spacial score (nSPS) is 15.6. The standard InChI is InChI=1S/C14H19F4N/c1-8(2)9(3)13(19-4)10-5-6-11(12(15)7-10)14(16,17)18/h5-9,13,19H,1-4H3. The Kier molecular flexibility index (Phi) is 4.96. The van der Waals surface area contributed by atoms with Gasteiger partial charge in [0.05, 0.1) is 5.56 Å². The van der Waals surface area contributed by atoms with Gasteiger partial charge in [-0.05, 0) is 36.6 Å². The van der Waals surface area contributed by atoms with Crippen LogP contribution in [-0.2, 0) is 6.18 Å². The summed E-state index contributed by atoms with van der Waals surface area (Å²) in [5.74, 6) is -0.704. The first-order chi connectivity index (χ1) is 8.68. The summed E-state index contributed by atoms with van der Waals surface area (Å²) in [5, 5.41) is 3.04. The number of hydrogen-bond acceptors (Lipinski definition) is 1. The van der Waals surface area contributed by atoms with Gasteiger partial charge in [-0.3, -0.25) is 0 Å². The molecule has 1 nitrogen and oxygen atoms in total. The van der Waals surface area contributed by atoms with Crippen molar-refractivity contribution < 1.29 is 17.6 Å². The van der Waals surface area contributed by atoms with Crippen LogP contribution in [-0.4, -0.2) is 7.05 Å². The molecule has 0 aromatic heterocycles. The Morgan fingerprint density at radius 1 is 1.11 bits per heavy atom. The van der Waals surface area contributed by atoms with Crippen LogP contribution in [0, 0.1) is 17.7 Å². The molecule has 0 aliphatic rings. The van der Waals surface area contributed by atoms with Crippen molar-refractivity contribution in [2.75, 3.05) is 7.05 Å². The third-order valence-electron chi connectivity index (χ3n) is 3.55. The van der Waals surface area contributed by atoms with E-state index in [4.69, 9.17) is 0 Å². The molecule has 2 atom stereocenters. The molecule has 108 valence electrons. The predicted molar refractivity (Wildman–Crippen MR) is 67.2 cm³/mol. The van der Waals surface area contributed by atoms with Crippen molar-refractivity contribution in [2.45, 2.75) is 33.0 Å². The first-order valence-corrected chi connectivity index (χ1v) is 6.22. The van der Waals surface area contributed by atoms with Crippen LogP contribution >= 0.6 is 0 Å². The number of nitrogens with one attached hydrogen (secondary N) is 1. The summed E-state index contributed by atoms with van der Waals surface area (Å²) in [5.41, 5.74) is -0.683. The van der Waals surface area contributed by atoms with Crippen LogP contribution in [0.3, 0.4) is 0 Å². The van der Waals surface area contributed by atoms with E-state index in [1.54, 1.807) is 7.05 Å². The van der Waals surface area contributed by atoms with Gasteiger partial charge >= 0.3 is 6.18 Å². The summed E-state index contributed by atoms with van der Waals surface area (Å²) in [6, 6.07) is 2.95. The van der Waals surface area contributed by atoms with Crippen molar-refractivity contribution in [1.82, 2.24) is 5.32 Å². The Morgan fingerprint density at radius 3 is 2.05 bits per heavy atom. The van der Waals surface area contributed by atoms with Gasteiger partial charge in [0.2, 0.25) is 0 Å². The molecule has 1 rings (SSSR count). The Bertz CT molecular complexity index is 426. The summed E-state index contributed by atoms with van der Waals surface area (Å²) < 4.78 is 51.0. The smallest absolute Gasteiger partial charge is 0.313 e. The molecule has 0 fully saturated rings. The highest BCUT2D eigenvalue weighted by Crippen LogP contribution is 2.34. The van der Waals surface area contributed by atoms with E-state index in [-0.39, 0.29) is 12.0 Å². The molecular formula is C14H19F4N. The van der Waals surface area contributed by atoms with Gasteiger partial charge in [-0.15, -0.1) is 0 Å². The second-order valence-electron chi connectivity index (χ2n) is 5.11. The Balaban J connectivity index is 3.12. The van der Waals surface area contributed by atoms with Crippen LogP contribution in [0.1, 0.15) is 37.9 Å². The van der Waals surface area contributed by atoms with Crippen LogP contribution in [0.2, 0.25) is 0 Å². The van der Waals surface area contributed by atoms with E-state index in [9.17, 15) is 17.6 Å². The summed E-state index contributed by atoms with van der Waals surface area (Å²) in [6.45, 7) is 6.03. The van der Waals surface area contributed by atoms with Crippen LogP contribution in [0.25, 0.3) is 0 Å². The van der Waals surface area contributed by atoms with Crippen molar-refractivity contribution in [1.29, 1.82) is 0 Å². The molecule has 1 aromatic rings. The minimum Gasteiger partial charge on any atom is -0.313 e. The Labute approximate surface area is 111 Å². The fourth-order valence-corrected chi connectivity index (χ4v) is 2.07. The van der Waals surface area contributed by atoms with Crippen LogP contribution < -0.4 is 5.32 Å². The number of rotatable bonds is 4. The molecule has 0 heterocycles. The van der Waals surface area contributed by atoms with Gasteiger partial charge in [-0.1, -0.05) is 26.8 Å². The number of halogens is 4. The van der Waals surface area contributed by atoms with Gasteiger partial charge in [0.25, 0.3) is 0 Å². The molecule has 1 aromatic carbocycles. The molecule has 19 heavy (non-hydrogen) atoms. The zero-order valence-electron chi connectivity index (χ0n) is 11.5. The van der Waals surface area contributed by atoms with Gasteiger partial charge in [-0.2, -0.15) is 13.2 Å². The van der Waals surface area contributed by atoms with E-state index in [0.29, 0.717) is 11.5 Å². The second kappa shape index (κ2) is 5.90. The Morgan fingerprint density at radius 2 is 1.68 bits per heavy atom. The van der Waals surface area contributed by atoms with E-state index in [0.717, 1.165) is 12.1 Å². The summed E-state index contributed by atoms with van der Waals surface area (Å²) in [6.07, 6.45) is -4.65. The van der Waals surface area contributed by atoms with Gasteiger partial charge in [0.15, 0.2) is 0 Å². The van der Waals surface area contributed by atoms with Gasteiger partial charge in [0.1, 0.15) is 5.82 Å². The predicted octanol–water partition coefficient (Wildman–Crippen LogP) is 4.40. The van der Waals surface area contributed by atoms with E-state index in [1.165, 1.54) is 6.07 Å². The fourth-order valence-electron chi connectivity index (χ4n) is 2.07. The lowest BCUT2D eigenvalue weighted by atomic mass is 9.86. The lowest BCUT2D eigenvalue weighted by molar-refractivity contribution is -0.140. The van der Waals surface area contributed by atoms with Crippen molar-refractivity contribution in [3.8, 4) is 0 Å². The third-order valence-corrected chi connectivity index (χ3v) is 3.55. The van der Waals surface area contributed by atoms with E-state index < -0.39 is 17.6 Å². The highest BCUT2D eigenvalue weighted by atomic mass is 19.4. The van der Waals surface area contributed by atoms with Crippen molar-refractivity contribution in [2.24, 2.45) is 11.8 Å². The lowest BCUT2D eigenvalue weighted by Gasteiger charge is -2.27. The van der Waals surface area contributed by atoms with Gasteiger partial charge in [-0.25, -0.2) is 4.39 Å². The zero-order valence-corrected chi connectivity index (χ0v) is 11.5. The monoisotopic (exact) mass is 277 g/mol. The van der Waals surface area contributed by atoms with E-state index >= 15 is 0 Å². The molecule has 0 saturated heterocycles. The van der Waals surface area contributed by atoms with E-state index in [2.05, 4.69) is 5.32 Å². The van der Waals surface area contributed by atoms with Gasteiger partial charge < -0.3 is 5.32 Å². The van der Waals surface area contributed by atoms with E-state index in [1.807, 2.05) is 20.8 Å². The molecule has 2 unspecified atom stereocenters. The average Bonchev–Trinajstić information content (AvgIpc) is 2.28. The maximum atomic E-state index is 13.6. The topological polar surface area (TPSA) is 12.0 Å². The van der Waals surface area contributed by atoms with Crippen molar-refractivity contribution >= 4 is 0 Å². The lowest BCUT2D eigenvalue weighted by Crippen LogP contribution is -2.27. The molecule has 1 N–H and O–H groups in total. The molecule has 0 aliphatic carbocycles. The highest BCUT2D eigenvalue weighted by molar-refractivity contribution is 5.29. The maximum Gasteiger partial charge on any atom is 0.419 e. The minimum atomic E-state index is -4.65. The molecule has 0 amide bonds. The SMILES string of the molecule is CNC(c1ccc(C(F)(F)F)c(F)c1)C(C)C(C)C. The molecule has 5 heteroatoms. The fraction of sp³-hybridized carbons (Fsp3) is 0.571. The van der Waals surface area contributed by atoms with Crippen molar-refractivity contribution in [3.05, 3.63) is 35.1 Å². The average molecular weight is 277 g/mol. The Hall–Kier alpha value is -1.10. The quantitative estimate of drug-likeness (QED) is 0.804. The number of benzene rings is 1. The summed E-state index contributed by atoms with van der Waals surface area (Å²) in [4.78, 5) is 0. The van der Waals surface area contributed by atoms with Crippen LogP contribution in [0.15, 0.2) is 18.2 Å². The molecule has 0 spiro atoms. The molecule has 0 radical (unpaired) electrons. The first-order valence-electron chi connectivity index (χ1n) is 6.22. The molecular weight excluding hydrogens is 258 g/mol. The summed E-state index contributed by atoms with van der Waals surface area (Å²) in [7, 11) is 1.72. The molecule has 0 saturated carbocycles. The van der Waals surface area contributed by atoms with Crippen molar-refractivity contribution in [3.63, 3.8) is 0 Å².